The number of esters is 3. The van der Waals surface area contributed by atoms with Crippen LogP contribution >= 0.6 is 0 Å². The van der Waals surface area contributed by atoms with Crippen molar-refractivity contribution >= 4 is 68.9 Å². The molecule has 0 aliphatic heterocycles. The molecule has 15 heteroatoms. The highest BCUT2D eigenvalue weighted by Gasteiger charge is 2.34. The van der Waals surface area contributed by atoms with Gasteiger partial charge in [-0.1, -0.05) is 43.3 Å². The molecule has 0 aliphatic rings. The van der Waals surface area contributed by atoms with Crippen LogP contribution < -0.4 is 16.0 Å². The minimum Gasteiger partial charge on any atom is -0.465 e. The highest BCUT2D eigenvalue weighted by atomic mass is 16.6. The van der Waals surface area contributed by atoms with Crippen molar-refractivity contribution in [2.75, 3.05) is 55.4 Å². The van der Waals surface area contributed by atoms with Crippen molar-refractivity contribution < 1.29 is 28.6 Å². The molecular weight excluding hydrogens is 654 g/mol. The lowest BCUT2D eigenvalue weighted by Gasteiger charge is -2.31. The number of rotatable bonds is 19. The zero-order valence-electron chi connectivity index (χ0n) is 28.3. The molecule has 3 aromatic heterocycles. The van der Waals surface area contributed by atoms with Crippen LogP contribution in [0.3, 0.4) is 0 Å². The number of hydrogen-bond donors (Lipinski definition) is 6. The Labute approximate surface area is 293 Å². The molecule has 0 aliphatic carbocycles. The van der Waals surface area contributed by atoms with Gasteiger partial charge in [-0.3, -0.25) is 14.4 Å². The molecule has 0 atom stereocenters. The summed E-state index contributed by atoms with van der Waals surface area (Å²) >= 11 is 0. The molecule has 51 heavy (non-hydrogen) atoms. The Morgan fingerprint density at radius 2 is 0.863 bits per heavy atom. The van der Waals surface area contributed by atoms with Crippen LogP contribution in [0.5, 0.6) is 0 Å². The number of nitrogens with one attached hydrogen (secondary N) is 6. The molecule has 0 amide bonds. The Morgan fingerprint density at radius 3 is 1.16 bits per heavy atom. The Hall–Kier alpha value is -6.12. The van der Waals surface area contributed by atoms with Gasteiger partial charge in [0.2, 0.25) is 17.8 Å². The predicted molar refractivity (Wildman–Crippen MR) is 193 cm³/mol. The van der Waals surface area contributed by atoms with Crippen molar-refractivity contribution in [3.05, 3.63) is 72.8 Å². The van der Waals surface area contributed by atoms with E-state index in [1.165, 1.54) is 0 Å². The summed E-state index contributed by atoms with van der Waals surface area (Å²) in [7, 11) is 0. The molecule has 0 fully saturated rings. The fourth-order valence-electron chi connectivity index (χ4n) is 5.31. The Kier molecular flexibility index (Phi) is 11.3. The van der Waals surface area contributed by atoms with Gasteiger partial charge < -0.3 is 45.1 Å². The van der Waals surface area contributed by atoms with Gasteiger partial charge in [0.05, 0.1) is 57.8 Å². The SMILES string of the molecule is CCC(COC(=O)CCNc1nc2ccccc2[nH]1)(COC(=O)CCNc1nc2ccccc2[nH]1)COC(=O)CCNc1nc2ccccc2[nH]1. The van der Waals surface area contributed by atoms with Crippen molar-refractivity contribution in [3.63, 3.8) is 0 Å². The summed E-state index contributed by atoms with van der Waals surface area (Å²) in [6, 6.07) is 22.9. The van der Waals surface area contributed by atoms with Gasteiger partial charge in [0.15, 0.2) is 0 Å². The van der Waals surface area contributed by atoms with E-state index in [-0.39, 0.29) is 58.7 Å². The highest BCUT2D eigenvalue weighted by Crippen LogP contribution is 2.25. The van der Waals surface area contributed by atoms with E-state index in [4.69, 9.17) is 14.2 Å². The van der Waals surface area contributed by atoms with Crippen LogP contribution in [0.25, 0.3) is 33.1 Å². The number of anilines is 3. The maximum atomic E-state index is 12.8. The minimum atomic E-state index is -0.953. The average molecular weight is 696 g/mol. The summed E-state index contributed by atoms with van der Waals surface area (Å²) in [5, 5.41) is 9.31. The molecule has 0 saturated carbocycles. The first-order valence-corrected chi connectivity index (χ1v) is 16.9. The number of benzene rings is 3. The van der Waals surface area contributed by atoms with Crippen LogP contribution in [-0.2, 0) is 28.6 Å². The fraction of sp³-hybridized carbons (Fsp3) is 0.333. The zero-order valence-corrected chi connectivity index (χ0v) is 28.3. The molecule has 0 saturated heterocycles. The second kappa shape index (κ2) is 16.5. The van der Waals surface area contributed by atoms with Gasteiger partial charge in [0.25, 0.3) is 0 Å². The minimum absolute atomic E-state index is 0.0668. The summed E-state index contributed by atoms with van der Waals surface area (Å²) in [6.45, 7) is 2.41. The number of para-hydroxylation sites is 6. The van der Waals surface area contributed by atoms with Gasteiger partial charge in [0.1, 0.15) is 19.8 Å². The number of carbonyl (C=O) groups excluding carboxylic acids is 3. The number of imidazole rings is 3. The Bertz CT molecular complexity index is 1760. The van der Waals surface area contributed by atoms with Crippen molar-refractivity contribution in [1.82, 2.24) is 29.9 Å². The smallest absolute Gasteiger partial charge is 0.307 e. The zero-order chi connectivity index (χ0) is 35.5. The maximum absolute atomic E-state index is 12.8. The van der Waals surface area contributed by atoms with E-state index in [0.29, 0.717) is 24.3 Å². The van der Waals surface area contributed by atoms with Gasteiger partial charge in [-0.25, -0.2) is 15.0 Å². The number of aromatic amines is 3. The summed E-state index contributed by atoms with van der Waals surface area (Å²) < 4.78 is 17.0. The Balaban J connectivity index is 0.990. The fourth-order valence-corrected chi connectivity index (χ4v) is 5.31. The number of hydrogen-bond acceptors (Lipinski definition) is 12. The molecule has 3 aromatic carbocycles. The third kappa shape index (κ3) is 9.53. The van der Waals surface area contributed by atoms with Crippen molar-refractivity contribution in [2.45, 2.75) is 32.6 Å². The van der Waals surface area contributed by atoms with E-state index in [1.807, 2.05) is 79.7 Å². The van der Waals surface area contributed by atoms with Crippen LogP contribution in [0.1, 0.15) is 32.6 Å². The first-order chi connectivity index (χ1) is 24.9. The lowest BCUT2D eigenvalue weighted by atomic mass is 9.88. The van der Waals surface area contributed by atoms with E-state index < -0.39 is 23.3 Å². The quantitative estimate of drug-likeness (QED) is 0.0482. The number of carbonyl (C=O) groups is 3. The number of aromatic nitrogens is 6. The molecule has 0 radical (unpaired) electrons. The summed E-state index contributed by atoms with van der Waals surface area (Å²) in [5.74, 6) is 0.276. The maximum Gasteiger partial charge on any atom is 0.307 e. The lowest BCUT2D eigenvalue weighted by Crippen LogP contribution is -2.39. The molecule has 15 nitrogen and oxygen atoms in total. The van der Waals surface area contributed by atoms with Crippen LogP contribution in [0, 0.1) is 5.41 Å². The monoisotopic (exact) mass is 695 g/mol. The van der Waals surface area contributed by atoms with E-state index in [9.17, 15) is 14.4 Å². The van der Waals surface area contributed by atoms with E-state index >= 15 is 0 Å². The number of nitrogens with zero attached hydrogens (tertiary/aromatic N) is 3. The van der Waals surface area contributed by atoms with Gasteiger partial charge in [-0.2, -0.15) is 0 Å². The van der Waals surface area contributed by atoms with E-state index in [0.717, 1.165) is 33.1 Å². The molecular formula is C36H41N9O6. The van der Waals surface area contributed by atoms with Gasteiger partial charge in [-0.05, 0) is 42.8 Å². The van der Waals surface area contributed by atoms with E-state index in [2.05, 4.69) is 45.9 Å². The van der Waals surface area contributed by atoms with Crippen LogP contribution in [0.15, 0.2) is 72.8 Å². The summed E-state index contributed by atoms with van der Waals surface area (Å²) in [4.78, 5) is 61.2. The second-order valence-corrected chi connectivity index (χ2v) is 12.2. The predicted octanol–water partition coefficient (Wildman–Crippen LogP) is 5.15. The molecule has 6 aromatic rings. The van der Waals surface area contributed by atoms with E-state index in [1.54, 1.807) is 0 Å². The topological polar surface area (TPSA) is 201 Å². The molecule has 3 heterocycles. The standard InChI is InChI=1S/C36H41N9O6/c1-2-36(21-49-30(46)15-18-37-33-40-24-9-3-4-10-25(24)41-33,22-50-31(47)16-19-38-34-42-26-11-5-6-12-27(26)43-34)23-51-32(48)17-20-39-35-44-28-13-7-8-14-29(28)45-35/h3-14H,2,15-23H2,1H3,(H2,37,40,41)(H2,38,42,43)(H2,39,44,45). The Morgan fingerprint density at radius 1 is 0.549 bits per heavy atom. The van der Waals surface area contributed by atoms with Gasteiger partial charge >= 0.3 is 17.9 Å². The first kappa shape index (κ1) is 34.7. The molecule has 6 N–H and O–H groups in total. The third-order valence-corrected chi connectivity index (χ3v) is 8.40. The average Bonchev–Trinajstić information content (AvgIpc) is 3.87. The van der Waals surface area contributed by atoms with Gasteiger partial charge in [0, 0.05) is 19.6 Å². The molecule has 6 rings (SSSR count). The van der Waals surface area contributed by atoms with Crippen LogP contribution in [0.4, 0.5) is 17.8 Å². The van der Waals surface area contributed by atoms with Crippen molar-refractivity contribution in [3.8, 4) is 0 Å². The lowest BCUT2D eigenvalue weighted by molar-refractivity contribution is -0.162. The number of ether oxygens (including phenoxy) is 3. The van der Waals surface area contributed by atoms with Gasteiger partial charge in [-0.15, -0.1) is 0 Å². The third-order valence-electron chi connectivity index (χ3n) is 8.40. The molecule has 266 valence electrons. The van der Waals surface area contributed by atoms with Crippen LogP contribution in [0.2, 0.25) is 0 Å². The van der Waals surface area contributed by atoms with Crippen molar-refractivity contribution in [2.24, 2.45) is 5.41 Å². The van der Waals surface area contributed by atoms with Crippen LogP contribution in [-0.4, -0.2) is 87.3 Å². The largest absolute Gasteiger partial charge is 0.465 e. The number of fused-ring (bicyclic) bond motifs is 3. The molecule has 0 bridgehead atoms. The second-order valence-electron chi connectivity index (χ2n) is 12.2. The van der Waals surface area contributed by atoms with Crippen molar-refractivity contribution in [1.29, 1.82) is 0 Å². The summed E-state index contributed by atoms with van der Waals surface area (Å²) in [6.07, 6.45) is 0.610. The molecule has 0 spiro atoms. The number of H-pyrrole nitrogens is 3. The molecule has 0 unspecified atom stereocenters. The summed E-state index contributed by atoms with van der Waals surface area (Å²) in [5.41, 5.74) is 4.14. The first-order valence-electron chi connectivity index (χ1n) is 16.9. The normalized spacial score (nSPS) is 11.5. The highest BCUT2D eigenvalue weighted by molar-refractivity contribution is 5.79.